The Labute approximate surface area is 100 Å². The minimum atomic E-state index is -0.118. The highest BCUT2D eigenvalue weighted by atomic mass is 16.5. The van der Waals surface area contributed by atoms with Gasteiger partial charge in [0, 0.05) is 11.5 Å². The molecule has 1 aliphatic carbocycles. The van der Waals surface area contributed by atoms with Crippen molar-refractivity contribution >= 4 is 5.97 Å². The fraction of sp³-hybridized carbons (Fsp3) is 0.500. The second-order valence-corrected chi connectivity index (χ2v) is 5.11. The van der Waals surface area contributed by atoms with Crippen LogP contribution in [0.25, 0.3) is 0 Å². The number of carbonyl (C=O) groups is 1. The molecule has 0 aromatic heterocycles. The van der Waals surface area contributed by atoms with Crippen molar-refractivity contribution in [3.05, 3.63) is 23.3 Å². The standard InChI is InChI=1S/C14H16O3/c1-8-6-11(15)13-9-4-2-3-5-10(9)14(16)17-12(13)7-8/h6-7,9-10,15H,2-5H2,1H3/t9-,10-/m1/s1. The van der Waals surface area contributed by atoms with Gasteiger partial charge >= 0.3 is 5.97 Å². The van der Waals surface area contributed by atoms with Gasteiger partial charge in [-0.15, -0.1) is 0 Å². The topological polar surface area (TPSA) is 46.5 Å². The SMILES string of the molecule is Cc1cc(O)c2c(c1)OC(=O)[C@@H]1CCCC[C@@H]21. The van der Waals surface area contributed by atoms with Gasteiger partial charge in [-0.25, -0.2) is 0 Å². The molecule has 17 heavy (non-hydrogen) atoms. The highest BCUT2D eigenvalue weighted by molar-refractivity contribution is 5.80. The monoisotopic (exact) mass is 232 g/mol. The Hall–Kier alpha value is -1.51. The Kier molecular flexibility index (Phi) is 2.35. The number of aromatic hydroxyl groups is 1. The molecule has 1 aliphatic heterocycles. The second kappa shape index (κ2) is 3.76. The summed E-state index contributed by atoms with van der Waals surface area (Å²) >= 11 is 0. The molecule has 3 heteroatoms. The van der Waals surface area contributed by atoms with Gasteiger partial charge in [0.2, 0.25) is 0 Å². The molecule has 0 bridgehead atoms. The number of hydrogen-bond donors (Lipinski definition) is 1. The third kappa shape index (κ3) is 1.61. The van der Waals surface area contributed by atoms with Crippen molar-refractivity contribution in [1.29, 1.82) is 0 Å². The van der Waals surface area contributed by atoms with E-state index in [1.54, 1.807) is 6.07 Å². The fourth-order valence-electron chi connectivity index (χ4n) is 3.15. The van der Waals surface area contributed by atoms with E-state index in [4.69, 9.17) is 4.74 Å². The molecule has 0 radical (unpaired) electrons. The first-order valence-corrected chi connectivity index (χ1v) is 6.22. The van der Waals surface area contributed by atoms with Crippen LogP contribution >= 0.6 is 0 Å². The number of aryl methyl sites for hydroxylation is 1. The Bertz CT molecular complexity index is 479. The van der Waals surface area contributed by atoms with E-state index in [-0.39, 0.29) is 23.6 Å². The molecule has 0 saturated heterocycles. The van der Waals surface area contributed by atoms with Crippen LogP contribution in [0.1, 0.15) is 42.7 Å². The molecule has 1 heterocycles. The zero-order valence-electron chi connectivity index (χ0n) is 9.90. The summed E-state index contributed by atoms with van der Waals surface area (Å²) in [5.74, 6) is 0.831. The normalized spacial score (nSPS) is 27.0. The lowest BCUT2D eigenvalue weighted by atomic mass is 9.73. The van der Waals surface area contributed by atoms with Gasteiger partial charge in [-0.1, -0.05) is 12.8 Å². The van der Waals surface area contributed by atoms with E-state index in [0.717, 1.165) is 36.8 Å². The summed E-state index contributed by atoms with van der Waals surface area (Å²) in [6.07, 6.45) is 4.07. The number of phenolic OH excluding ortho intramolecular Hbond substituents is 1. The van der Waals surface area contributed by atoms with Crippen molar-refractivity contribution in [2.24, 2.45) is 5.92 Å². The summed E-state index contributed by atoms with van der Waals surface area (Å²) in [6, 6.07) is 3.60. The quantitative estimate of drug-likeness (QED) is 0.552. The van der Waals surface area contributed by atoms with Crippen LogP contribution in [-0.2, 0) is 4.79 Å². The molecule has 1 aromatic rings. The molecule has 0 spiro atoms. The molecule has 0 amide bonds. The van der Waals surface area contributed by atoms with Gasteiger partial charge in [0.25, 0.3) is 0 Å². The Morgan fingerprint density at radius 2 is 1.94 bits per heavy atom. The molecule has 2 atom stereocenters. The molecule has 3 rings (SSSR count). The van der Waals surface area contributed by atoms with Crippen LogP contribution in [0.2, 0.25) is 0 Å². The number of ether oxygens (including phenoxy) is 1. The summed E-state index contributed by atoms with van der Waals surface area (Å²) in [6.45, 7) is 1.89. The number of phenols is 1. The molecule has 1 fully saturated rings. The predicted octanol–water partition coefficient (Wildman–Crippen LogP) is 2.89. The molecule has 90 valence electrons. The van der Waals surface area contributed by atoms with Crippen molar-refractivity contribution in [2.45, 2.75) is 38.5 Å². The molecule has 1 aromatic carbocycles. The van der Waals surface area contributed by atoms with E-state index in [0.29, 0.717) is 5.75 Å². The van der Waals surface area contributed by atoms with Gasteiger partial charge in [0.15, 0.2) is 0 Å². The van der Waals surface area contributed by atoms with E-state index < -0.39 is 0 Å². The first-order valence-electron chi connectivity index (χ1n) is 6.22. The Morgan fingerprint density at radius 3 is 2.71 bits per heavy atom. The summed E-state index contributed by atoms with van der Waals surface area (Å²) in [4.78, 5) is 11.9. The van der Waals surface area contributed by atoms with Crippen LogP contribution in [0, 0.1) is 12.8 Å². The number of hydrogen-bond acceptors (Lipinski definition) is 3. The number of fused-ring (bicyclic) bond motifs is 3. The maximum atomic E-state index is 11.9. The van der Waals surface area contributed by atoms with Crippen LogP contribution in [0.3, 0.4) is 0 Å². The van der Waals surface area contributed by atoms with Gasteiger partial charge in [-0.3, -0.25) is 4.79 Å². The first kappa shape index (κ1) is 10.6. The smallest absolute Gasteiger partial charge is 0.314 e. The van der Waals surface area contributed by atoms with Gasteiger partial charge in [-0.2, -0.15) is 0 Å². The van der Waals surface area contributed by atoms with Crippen LogP contribution in [0.5, 0.6) is 11.5 Å². The molecule has 1 N–H and O–H groups in total. The van der Waals surface area contributed by atoms with E-state index in [1.807, 2.05) is 13.0 Å². The van der Waals surface area contributed by atoms with Crippen molar-refractivity contribution in [3.63, 3.8) is 0 Å². The molecule has 3 nitrogen and oxygen atoms in total. The first-order chi connectivity index (χ1) is 8.16. The van der Waals surface area contributed by atoms with Crippen molar-refractivity contribution in [1.82, 2.24) is 0 Å². The van der Waals surface area contributed by atoms with Crippen LogP contribution in [0.15, 0.2) is 12.1 Å². The maximum Gasteiger partial charge on any atom is 0.314 e. The minimum absolute atomic E-state index is 0.0511. The van der Waals surface area contributed by atoms with E-state index >= 15 is 0 Å². The zero-order valence-corrected chi connectivity index (χ0v) is 9.90. The Balaban J connectivity index is 2.13. The van der Waals surface area contributed by atoms with Crippen LogP contribution in [0.4, 0.5) is 0 Å². The van der Waals surface area contributed by atoms with Crippen molar-refractivity contribution in [3.8, 4) is 11.5 Å². The zero-order chi connectivity index (χ0) is 12.0. The summed E-state index contributed by atoms with van der Waals surface area (Å²) in [5, 5.41) is 10.1. The minimum Gasteiger partial charge on any atom is -0.508 e. The largest absolute Gasteiger partial charge is 0.508 e. The molecular formula is C14H16O3. The third-order valence-corrected chi connectivity index (χ3v) is 3.91. The summed E-state index contributed by atoms with van der Waals surface area (Å²) in [7, 11) is 0. The van der Waals surface area contributed by atoms with Gasteiger partial charge in [0.05, 0.1) is 5.92 Å². The number of carbonyl (C=O) groups excluding carboxylic acids is 1. The van der Waals surface area contributed by atoms with Crippen molar-refractivity contribution in [2.75, 3.05) is 0 Å². The van der Waals surface area contributed by atoms with Crippen LogP contribution in [-0.4, -0.2) is 11.1 Å². The van der Waals surface area contributed by atoms with E-state index in [9.17, 15) is 9.90 Å². The average molecular weight is 232 g/mol. The lowest BCUT2D eigenvalue weighted by Crippen LogP contribution is -2.33. The average Bonchev–Trinajstić information content (AvgIpc) is 2.28. The van der Waals surface area contributed by atoms with Gasteiger partial charge in [-0.05, 0) is 37.5 Å². The van der Waals surface area contributed by atoms with Gasteiger partial charge in [0.1, 0.15) is 11.5 Å². The van der Waals surface area contributed by atoms with E-state index in [1.165, 1.54) is 0 Å². The van der Waals surface area contributed by atoms with Crippen molar-refractivity contribution < 1.29 is 14.6 Å². The fourth-order valence-corrected chi connectivity index (χ4v) is 3.15. The predicted molar refractivity (Wildman–Crippen MR) is 63.2 cm³/mol. The molecular weight excluding hydrogens is 216 g/mol. The highest BCUT2D eigenvalue weighted by Crippen LogP contribution is 2.49. The summed E-state index contributed by atoms with van der Waals surface area (Å²) < 4.78 is 5.36. The number of esters is 1. The van der Waals surface area contributed by atoms with Crippen LogP contribution < -0.4 is 4.74 Å². The third-order valence-electron chi connectivity index (χ3n) is 3.91. The van der Waals surface area contributed by atoms with E-state index in [2.05, 4.69) is 0 Å². The molecule has 0 unspecified atom stereocenters. The number of rotatable bonds is 0. The maximum absolute atomic E-state index is 11.9. The molecule has 2 aliphatic rings. The van der Waals surface area contributed by atoms with Gasteiger partial charge < -0.3 is 9.84 Å². The lowest BCUT2D eigenvalue weighted by molar-refractivity contribution is -0.142. The second-order valence-electron chi connectivity index (χ2n) is 5.11. The number of benzene rings is 1. The Morgan fingerprint density at radius 1 is 1.24 bits per heavy atom. The lowest BCUT2D eigenvalue weighted by Gasteiger charge is -2.35. The summed E-state index contributed by atoms with van der Waals surface area (Å²) in [5.41, 5.74) is 1.77. The highest BCUT2D eigenvalue weighted by Gasteiger charge is 2.40. The molecule has 1 saturated carbocycles.